The number of hydrogen-bond donors (Lipinski definition) is 1. The molecule has 0 bridgehead atoms. The molecule has 2 aromatic rings. The molecule has 0 aromatic carbocycles. The van der Waals surface area contributed by atoms with Gasteiger partial charge in [-0.25, -0.2) is 4.98 Å². The molecule has 1 aliphatic heterocycles. The minimum absolute atomic E-state index is 0.244. The Bertz CT molecular complexity index is 705. The summed E-state index contributed by atoms with van der Waals surface area (Å²) in [5, 5.41) is 5.39. The van der Waals surface area contributed by atoms with Gasteiger partial charge in [-0.15, -0.1) is 11.3 Å². The third-order valence-corrected chi connectivity index (χ3v) is 7.00. The fourth-order valence-electron chi connectivity index (χ4n) is 4.34. The van der Waals surface area contributed by atoms with E-state index in [2.05, 4.69) is 37.7 Å². The summed E-state index contributed by atoms with van der Waals surface area (Å²) in [7, 11) is 0. The Morgan fingerprint density at radius 3 is 2.73 bits per heavy atom. The average molecular weight is 371 g/mol. The SMILES string of the molecule is O=C(NCC1CCN(c2cnccn2)CC1)C1(c2cccs2)CCCC1. The van der Waals surface area contributed by atoms with Crippen LogP contribution in [0, 0.1) is 5.92 Å². The molecule has 2 aliphatic rings. The molecule has 6 heteroatoms. The zero-order chi connectivity index (χ0) is 17.8. The number of rotatable bonds is 5. The van der Waals surface area contributed by atoms with Crippen molar-refractivity contribution < 1.29 is 4.79 Å². The number of aromatic nitrogens is 2. The molecule has 1 amide bonds. The van der Waals surface area contributed by atoms with Gasteiger partial charge in [0, 0.05) is 36.9 Å². The normalized spacial score (nSPS) is 20.2. The van der Waals surface area contributed by atoms with Crippen molar-refractivity contribution in [3.63, 3.8) is 0 Å². The second-order valence-electron chi connectivity index (χ2n) is 7.47. The Hall–Kier alpha value is -1.95. The number of thiophene rings is 1. The van der Waals surface area contributed by atoms with Gasteiger partial charge in [0.1, 0.15) is 5.82 Å². The highest BCUT2D eigenvalue weighted by Gasteiger charge is 2.43. The summed E-state index contributed by atoms with van der Waals surface area (Å²) < 4.78 is 0. The van der Waals surface area contributed by atoms with Crippen LogP contribution < -0.4 is 10.2 Å². The quantitative estimate of drug-likeness (QED) is 0.877. The summed E-state index contributed by atoms with van der Waals surface area (Å²) in [4.78, 5) is 25.1. The number of anilines is 1. The summed E-state index contributed by atoms with van der Waals surface area (Å²) in [6, 6.07) is 4.20. The van der Waals surface area contributed by atoms with E-state index in [1.165, 1.54) is 4.88 Å². The molecule has 1 aliphatic carbocycles. The standard InChI is InChI=1S/C20H26N4OS/c25-19(20(7-1-2-8-20)17-4-3-13-26-17)23-14-16-5-11-24(12-6-16)18-15-21-9-10-22-18/h3-4,9-10,13,15-16H,1-2,5-8,11-12,14H2,(H,23,25). The first-order valence-electron chi connectivity index (χ1n) is 9.61. The predicted molar refractivity (Wildman–Crippen MR) is 104 cm³/mol. The first kappa shape index (κ1) is 17.5. The van der Waals surface area contributed by atoms with Gasteiger partial charge in [0.2, 0.25) is 5.91 Å². The number of nitrogens with zero attached hydrogens (tertiary/aromatic N) is 3. The summed E-state index contributed by atoms with van der Waals surface area (Å²) in [5.41, 5.74) is -0.269. The molecule has 5 nitrogen and oxygen atoms in total. The number of piperidine rings is 1. The van der Waals surface area contributed by atoms with Crippen LogP contribution in [-0.4, -0.2) is 35.5 Å². The Kier molecular flexibility index (Phi) is 5.20. The molecule has 0 spiro atoms. The Balaban J connectivity index is 1.31. The van der Waals surface area contributed by atoms with Gasteiger partial charge in [0.05, 0.1) is 11.6 Å². The van der Waals surface area contributed by atoms with Crippen LogP contribution in [0.3, 0.4) is 0 Å². The Labute approximate surface area is 158 Å². The molecule has 0 radical (unpaired) electrons. The van der Waals surface area contributed by atoms with E-state index in [1.807, 2.05) is 6.20 Å². The first-order chi connectivity index (χ1) is 12.8. The highest BCUT2D eigenvalue weighted by Crippen LogP contribution is 2.43. The molecule has 0 unspecified atom stereocenters. The molecular weight excluding hydrogens is 344 g/mol. The number of carbonyl (C=O) groups excluding carboxylic acids is 1. The summed E-state index contributed by atoms with van der Waals surface area (Å²) in [5.74, 6) is 1.75. The molecule has 4 rings (SSSR count). The van der Waals surface area contributed by atoms with Crippen molar-refractivity contribution in [2.45, 2.75) is 43.9 Å². The maximum atomic E-state index is 13.1. The van der Waals surface area contributed by atoms with Crippen molar-refractivity contribution >= 4 is 23.1 Å². The second-order valence-corrected chi connectivity index (χ2v) is 8.42. The van der Waals surface area contributed by atoms with Crippen molar-refractivity contribution in [2.75, 3.05) is 24.5 Å². The minimum Gasteiger partial charge on any atom is -0.355 e. The smallest absolute Gasteiger partial charge is 0.231 e. The third kappa shape index (κ3) is 3.47. The van der Waals surface area contributed by atoms with Crippen molar-refractivity contribution in [3.8, 4) is 0 Å². The zero-order valence-electron chi connectivity index (χ0n) is 15.1. The topological polar surface area (TPSA) is 58.1 Å². The van der Waals surface area contributed by atoms with E-state index in [-0.39, 0.29) is 11.3 Å². The van der Waals surface area contributed by atoms with E-state index in [1.54, 1.807) is 23.7 Å². The average Bonchev–Trinajstić information content (AvgIpc) is 3.39. The van der Waals surface area contributed by atoms with E-state index < -0.39 is 0 Å². The van der Waals surface area contributed by atoms with E-state index in [4.69, 9.17) is 0 Å². The summed E-state index contributed by atoms with van der Waals surface area (Å²) in [6.45, 7) is 2.75. The van der Waals surface area contributed by atoms with Crippen LogP contribution in [0.1, 0.15) is 43.4 Å². The van der Waals surface area contributed by atoms with Crippen molar-refractivity contribution in [1.82, 2.24) is 15.3 Å². The fourth-order valence-corrected chi connectivity index (χ4v) is 5.33. The van der Waals surface area contributed by atoms with Crippen LogP contribution in [0.2, 0.25) is 0 Å². The van der Waals surface area contributed by atoms with Gasteiger partial charge >= 0.3 is 0 Å². The maximum Gasteiger partial charge on any atom is 0.231 e. The Morgan fingerprint density at radius 1 is 1.27 bits per heavy atom. The van der Waals surface area contributed by atoms with Gasteiger partial charge in [-0.2, -0.15) is 0 Å². The molecule has 0 atom stereocenters. The van der Waals surface area contributed by atoms with Gasteiger partial charge < -0.3 is 10.2 Å². The van der Waals surface area contributed by atoms with E-state index in [0.29, 0.717) is 5.92 Å². The lowest BCUT2D eigenvalue weighted by molar-refractivity contribution is -0.126. The molecule has 1 N–H and O–H groups in total. The van der Waals surface area contributed by atoms with Gasteiger partial charge in [-0.3, -0.25) is 9.78 Å². The highest BCUT2D eigenvalue weighted by molar-refractivity contribution is 7.10. The molecular formula is C20H26N4OS. The number of carbonyl (C=O) groups is 1. The van der Waals surface area contributed by atoms with Gasteiger partial charge in [-0.1, -0.05) is 18.9 Å². The van der Waals surface area contributed by atoms with Gasteiger partial charge in [-0.05, 0) is 43.0 Å². The fraction of sp³-hybridized carbons (Fsp3) is 0.550. The second kappa shape index (κ2) is 7.74. The highest BCUT2D eigenvalue weighted by atomic mass is 32.1. The number of amides is 1. The molecule has 2 fully saturated rings. The maximum absolute atomic E-state index is 13.1. The van der Waals surface area contributed by atoms with Crippen LogP contribution >= 0.6 is 11.3 Å². The molecule has 3 heterocycles. The third-order valence-electron chi connectivity index (χ3n) is 5.92. The monoisotopic (exact) mass is 370 g/mol. The van der Waals surface area contributed by atoms with Crippen molar-refractivity contribution in [1.29, 1.82) is 0 Å². The number of hydrogen-bond acceptors (Lipinski definition) is 5. The van der Waals surface area contributed by atoms with Crippen LogP contribution in [0.5, 0.6) is 0 Å². The zero-order valence-corrected chi connectivity index (χ0v) is 15.9. The van der Waals surface area contributed by atoms with Crippen molar-refractivity contribution in [3.05, 3.63) is 41.0 Å². The van der Waals surface area contributed by atoms with Crippen LogP contribution in [0.15, 0.2) is 36.1 Å². The first-order valence-corrected chi connectivity index (χ1v) is 10.5. The summed E-state index contributed by atoms with van der Waals surface area (Å²) >= 11 is 1.73. The summed E-state index contributed by atoms with van der Waals surface area (Å²) in [6.07, 6.45) is 11.7. The van der Waals surface area contributed by atoms with E-state index >= 15 is 0 Å². The Morgan fingerprint density at radius 2 is 2.08 bits per heavy atom. The molecule has 1 saturated carbocycles. The van der Waals surface area contributed by atoms with Crippen LogP contribution in [-0.2, 0) is 10.2 Å². The molecule has 26 heavy (non-hydrogen) atoms. The van der Waals surface area contributed by atoms with Crippen molar-refractivity contribution in [2.24, 2.45) is 5.92 Å². The van der Waals surface area contributed by atoms with Gasteiger partial charge in [0.15, 0.2) is 0 Å². The van der Waals surface area contributed by atoms with Gasteiger partial charge in [0.25, 0.3) is 0 Å². The molecule has 1 saturated heterocycles. The minimum atomic E-state index is -0.269. The van der Waals surface area contributed by atoms with E-state index in [9.17, 15) is 4.79 Å². The molecule has 138 valence electrons. The number of nitrogens with one attached hydrogen (secondary N) is 1. The predicted octanol–water partition coefficient (Wildman–Crippen LogP) is 3.38. The lowest BCUT2D eigenvalue weighted by Crippen LogP contribution is -2.45. The van der Waals surface area contributed by atoms with Crippen LogP contribution in [0.4, 0.5) is 5.82 Å². The lowest BCUT2D eigenvalue weighted by atomic mass is 9.83. The van der Waals surface area contributed by atoms with Crippen LogP contribution in [0.25, 0.3) is 0 Å². The lowest BCUT2D eigenvalue weighted by Gasteiger charge is -2.33. The largest absolute Gasteiger partial charge is 0.355 e. The molecule has 2 aromatic heterocycles. The van der Waals surface area contributed by atoms with E-state index in [0.717, 1.165) is 64.0 Å².